The first-order valence-corrected chi connectivity index (χ1v) is 50.9. The summed E-state index contributed by atoms with van der Waals surface area (Å²) in [5, 5.41) is 19.6. The number of hydrogen-bond acceptors (Lipinski definition) is 26. The maximum atomic E-state index is 14.0. The second-order valence-electron chi connectivity index (χ2n) is 35.1. The summed E-state index contributed by atoms with van der Waals surface area (Å²) in [7, 11) is 2.43. The van der Waals surface area contributed by atoms with Gasteiger partial charge in [0.2, 0.25) is 21.7 Å². The third-order valence-corrected chi connectivity index (χ3v) is 25.4. The first-order chi connectivity index (χ1) is 72.5. The summed E-state index contributed by atoms with van der Waals surface area (Å²) in [5.74, 6) is -2.14. The van der Waals surface area contributed by atoms with E-state index in [0.717, 1.165) is 70.9 Å². The number of pyridine rings is 4. The van der Waals surface area contributed by atoms with Crippen LogP contribution in [0.15, 0.2) is 322 Å². The Hall–Kier alpha value is -16.0. The number of amides is 4. The Labute approximate surface area is 865 Å². The summed E-state index contributed by atoms with van der Waals surface area (Å²) in [4.78, 5) is 115. The molecule has 8 heterocycles. The summed E-state index contributed by atoms with van der Waals surface area (Å²) < 4.78 is 74.3. The smallest absolute Gasteiger partial charge is 0.277 e. The van der Waals surface area contributed by atoms with Crippen molar-refractivity contribution in [1.82, 2.24) is 38.3 Å². The minimum Gasteiger partial charge on any atom is -0.502 e. The fourth-order valence-corrected chi connectivity index (χ4v) is 18.0. The fourth-order valence-electron chi connectivity index (χ4n) is 17.6. The second-order valence-corrected chi connectivity index (χ2v) is 36.7. The summed E-state index contributed by atoms with van der Waals surface area (Å²) in [6.45, 7) is 7.85. The number of ether oxygens (including phenoxy) is 7. The maximum absolute atomic E-state index is 14.0. The molecule has 9 aromatic carbocycles. The van der Waals surface area contributed by atoms with Gasteiger partial charge in [-0.15, -0.1) is 0 Å². The Morgan fingerprint density at radius 2 is 0.685 bits per heavy atom. The van der Waals surface area contributed by atoms with Gasteiger partial charge in [0.25, 0.3) is 33.7 Å². The standard InChI is InChI=1S/C31H32N4O4.C29H35N3O7S.C28H32N6O4.C13H12.C11H16N4O4/c1-38-18-17-33-22-34(28(24-13-7-3-8-14-24)25-15-9-4-10-16-25)35-26(20-32)19-27(36)30(29(35)31(33)37)39-21-23-11-5-2-6-12-23;1-4-5-17-38-28-25(33)19-24(20-39-40(3,35)36)32-27(28)29(34)30(16-18-37-2)21-31(32)26(22-12-8-6-9-13-22)23-14-10-7-11-15-23;1-3-4-16-38-27-24(35)18-23(19-30-31-29)34-26(27)28(36)32(15-17-37-2)20-33(34)25(21-11-7-5-8-12-21)22-13-9-6-10-14-22;1-3-7-12(8-4-1)11-13-9-5-2-6-10-13;1-19-3-2-14-6-13-15-7(5-12)4-8(16)10(17)9(15)11(14)18/h2-16,19,28H,17-18,20-22,32H2,1H3;6-15,19,26H,4-5,16-18,20-21H2,1-3H3;5-14,18,25H,3-4,15-17,19-20H2,1-2H3;1-10H,11H2;4,13,17H,2-3,5-6,12H2,1H3. The third kappa shape index (κ3) is 28.1. The number of methoxy groups -OCH3 is 4. The molecule has 0 spiro atoms. The van der Waals surface area contributed by atoms with E-state index < -0.39 is 56.6 Å². The lowest BCUT2D eigenvalue weighted by Crippen LogP contribution is -2.57. The van der Waals surface area contributed by atoms with Crippen LogP contribution in [0, 0.1) is 0 Å². The molecule has 37 heteroatoms. The lowest BCUT2D eigenvalue weighted by Gasteiger charge is -2.45. The molecule has 0 unspecified atom stereocenters. The van der Waals surface area contributed by atoms with Crippen molar-refractivity contribution >= 4 is 33.7 Å². The van der Waals surface area contributed by atoms with Gasteiger partial charge in [-0.3, -0.25) is 66.9 Å². The number of carbonyl (C=O) groups excluding carboxylic acids is 4. The van der Waals surface area contributed by atoms with Gasteiger partial charge in [0, 0.05) is 96.9 Å². The summed E-state index contributed by atoms with van der Waals surface area (Å²) in [5.41, 5.74) is 33.1. The number of azide groups is 1. The van der Waals surface area contributed by atoms with E-state index in [2.05, 4.69) is 105 Å². The van der Waals surface area contributed by atoms with Gasteiger partial charge in [-0.05, 0) is 74.9 Å². The maximum Gasteiger partial charge on any atom is 0.277 e. The van der Waals surface area contributed by atoms with E-state index >= 15 is 0 Å². The van der Waals surface area contributed by atoms with Crippen LogP contribution in [0.25, 0.3) is 10.4 Å². The molecule has 780 valence electrons. The molecule has 6 N–H and O–H groups in total. The average Bonchev–Trinajstić information content (AvgIpc) is 0.739. The number of hydrogen-bond donors (Lipinski definition) is 4. The summed E-state index contributed by atoms with van der Waals surface area (Å²) in [6, 6.07) is 94.6. The van der Waals surface area contributed by atoms with Crippen LogP contribution in [-0.2, 0) is 72.5 Å². The van der Waals surface area contributed by atoms with Gasteiger partial charge >= 0.3 is 0 Å². The SMILES string of the molecule is CCCCOc1c2n(c(CN=[N+]=[N-])cc1=O)N(C(c1ccccc1)c1ccccc1)CN(CCOC)C2=O.CCCCOc1c2n(c(COS(C)(=O)=O)cc1=O)N(C(c1ccccc1)c1ccccc1)CN(CCOC)C2=O.COCCN1CN(C(c2ccccc2)c2ccccc2)n2c(CN)cc(=O)c(OCc3ccccc3)c2C1=O.COCCN1CNn2c(CN)cc(=O)c(O)c2C1=O.c1ccc(Cc2ccccc2)cc1. The Kier molecular flexibility index (Phi) is 40.7. The number of nitrogens with two attached hydrogens (primary N) is 2. The van der Waals surface area contributed by atoms with Crippen LogP contribution < -0.4 is 67.8 Å². The third-order valence-electron chi connectivity index (χ3n) is 24.8. The number of unbranched alkanes of at least 4 members (excludes halogenated alkanes) is 2. The average molecular weight is 2050 g/mol. The molecule has 4 amide bonds. The lowest BCUT2D eigenvalue weighted by molar-refractivity contribution is 0.0602. The Bertz CT molecular complexity index is 6860. The zero-order valence-electron chi connectivity index (χ0n) is 84.6. The Morgan fingerprint density at radius 1 is 0.383 bits per heavy atom. The minimum atomic E-state index is -3.84. The number of aromatic hydroxyl groups is 1. The van der Waals surface area contributed by atoms with E-state index in [4.69, 9.17) is 54.3 Å². The highest BCUT2D eigenvalue weighted by Gasteiger charge is 2.44. The van der Waals surface area contributed by atoms with E-state index in [1.165, 1.54) is 52.1 Å². The van der Waals surface area contributed by atoms with Crippen LogP contribution in [0.5, 0.6) is 23.0 Å². The van der Waals surface area contributed by atoms with Crippen molar-refractivity contribution in [2.75, 3.05) is 148 Å². The van der Waals surface area contributed by atoms with E-state index in [1.54, 1.807) is 50.1 Å². The molecule has 13 aromatic rings. The quantitative estimate of drug-likeness (QED) is 0.00909. The normalized spacial score (nSPS) is 13.0. The van der Waals surface area contributed by atoms with Crippen LogP contribution in [0.1, 0.15) is 172 Å². The molecular formula is C112H127N17O19S. The molecule has 4 aromatic heterocycles. The van der Waals surface area contributed by atoms with Crippen molar-refractivity contribution in [3.05, 3.63) is 444 Å². The van der Waals surface area contributed by atoms with Crippen LogP contribution >= 0.6 is 0 Å². The van der Waals surface area contributed by atoms with Crippen molar-refractivity contribution < 1.29 is 70.0 Å². The molecule has 17 rings (SSSR count). The van der Waals surface area contributed by atoms with Crippen LogP contribution in [0.2, 0.25) is 0 Å². The zero-order valence-corrected chi connectivity index (χ0v) is 85.4. The van der Waals surface area contributed by atoms with Gasteiger partial charge in [-0.2, -0.15) is 8.42 Å². The molecule has 4 aliphatic heterocycles. The first-order valence-electron chi connectivity index (χ1n) is 49.1. The molecule has 0 aliphatic carbocycles. The van der Waals surface area contributed by atoms with E-state index in [-0.39, 0.29) is 148 Å². The predicted octanol–water partition coefficient (Wildman–Crippen LogP) is 13.5. The second kappa shape index (κ2) is 55.0. The van der Waals surface area contributed by atoms with Crippen molar-refractivity contribution in [3.8, 4) is 23.0 Å². The van der Waals surface area contributed by atoms with Gasteiger partial charge < -0.3 is 74.8 Å². The fraction of sp³-hybridized carbons (Fsp3) is 0.304. The van der Waals surface area contributed by atoms with Crippen LogP contribution in [-0.4, -0.2) is 203 Å². The van der Waals surface area contributed by atoms with Crippen LogP contribution in [0.3, 0.4) is 0 Å². The largest absolute Gasteiger partial charge is 0.502 e. The van der Waals surface area contributed by atoms with E-state index in [1.807, 2.05) is 212 Å². The molecule has 0 radical (unpaired) electrons. The number of nitrogens with zero attached hydrogens (tertiary/aromatic N) is 14. The van der Waals surface area contributed by atoms with Gasteiger partial charge in [-0.1, -0.05) is 305 Å². The number of aromatic nitrogens is 4. The van der Waals surface area contributed by atoms with E-state index in [9.17, 15) is 51.9 Å². The summed E-state index contributed by atoms with van der Waals surface area (Å²) >= 11 is 0. The molecule has 0 fully saturated rings. The monoisotopic (exact) mass is 2050 g/mol. The zero-order chi connectivity index (χ0) is 106. The molecule has 0 saturated heterocycles. The summed E-state index contributed by atoms with van der Waals surface area (Å²) in [6.07, 6.45) is 5.12. The number of nitrogens with one attached hydrogen (secondary N) is 1. The van der Waals surface area contributed by atoms with Gasteiger partial charge in [0.15, 0.2) is 45.8 Å². The van der Waals surface area contributed by atoms with Crippen LogP contribution in [0.4, 0.5) is 0 Å². The van der Waals surface area contributed by atoms with Crippen molar-refractivity contribution in [2.45, 2.75) is 96.9 Å². The highest BCUT2D eigenvalue weighted by molar-refractivity contribution is 7.85. The molecule has 0 saturated carbocycles. The first kappa shape index (κ1) is 110. The minimum absolute atomic E-state index is 0.000118. The molecule has 36 nitrogen and oxygen atoms in total. The van der Waals surface area contributed by atoms with E-state index in [0.29, 0.717) is 69.6 Å². The molecular weight excluding hydrogens is 1920 g/mol. The Balaban J connectivity index is 0.000000162. The van der Waals surface area contributed by atoms with Crippen molar-refractivity contribution in [3.63, 3.8) is 0 Å². The van der Waals surface area contributed by atoms with Crippen molar-refractivity contribution in [2.24, 2.45) is 16.6 Å². The highest BCUT2D eigenvalue weighted by atomic mass is 32.2. The van der Waals surface area contributed by atoms with Gasteiger partial charge in [0.1, 0.15) is 39.9 Å². The predicted molar refractivity (Wildman–Crippen MR) is 569 cm³/mol. The number of rotatable bonds is 41. The number of fused-ring (bicyclic) bond motifs is 4. The van der Waals surface area contributed by atoms with Crippen molar-refractivity contribution in [1.29, 1.82) is 0 Å². The topological polar surface area (TPSA) is 420 Å². The molecule has 4 aliphatic rings. The lowest BCUT2D eigenvalue weighted by atomic mass is 9.98. The molecule has 0 bridgehead atoms. The Morgan fingerprint density at radius 3 is 1.02 bits per heavy atom. The molecule has 0 atom stereocenters. The number of benzene rings is 9. The van der Waals surface area contributed by atoms with Gasteiger partial charge in [0.05, 0.1) is 93.3 Å². The number of carbonyl (C=O) groups is 4. The highest BCUT2D eigenvalue weighted by Crippen LogP contribution is 2.39. The molecule has 149 heavy (non-hydrogen) atoms. The van der Waals surface area contributed by atoms with Gasteiger partial charge in [-0.25, -0.2) is 9.35 Å².